The fraction of sp³-hybridized carbons (Fsp3) is 0. The van der Waals surface area contributed by atoms with E-state index in [1.807, 2.05) is 0 Å². The summed E-state index contributed by atoms with van der Waals surface area (Å²) in [6, 6.07) is 6.29. The second-order valence-corrected chi connectivity index (χ2v) is 6.28. The van der Waals surface area contributed by atoms with Gasteiger partial charge in [-0.15, -0.1) is 0 Å². The Morgan fingerprint density at radius 3 is 1.16 bits per heavy atom. The van der Waals surface area contributed by atoms with Gasteiger partial charge in [-0.25, -0.2) is 19.6 Å². The quantitative estimate of drug-likeness (QED) is 0.136. The van der Waals surface area contributed by atoms with Gasteiger partial charge in [0.2, 0.25) is 0 Å². The standard InChI is InChI=1S/2C10H7N3O4.2H2O.Zn/c2*14-9(15)6-7(10(16)17)13-8(12-6)5-1-3-11-4-2-5;;;/h2*1-4H,(H,12,13)(H,14,15)(H,16,17);2*1H2;/q;;;;+2. The summed E-state index contributed by atoms with van der Waals surface area (Å²) in [5.74, 6) is -5.81. The molecule has 0 unspecified atom stereocenters. The molecule has 4 aromatic heterocycles. The van der Waals surface area contributed by atoms with Gasteiger partial charge < -0.3 is 50.9 Å². The minimum absolute atomic E-state index is 0. The van der Waals surface area contributed by atoms with Gasteiger partial charge in [0.25, 0.3) is 0 Å². The van der Waals surface area contributed by atoms with Crippen LogP contribution >= 0.6 is 0 Å². The number of nitrogens with one attached hydrogen (secondary N) is 2. The number of H-pyrrole nitrogens is 2. The van der Waals surface area contributed by atoms with Crippen molar-refractivity contribution in [1.82, 2.24) is 29.9 Å². The molecule has 17 heteroatoms. The summed E-state index contributed by atoms with van der Waals surface area (Å²) in [4.78, 5) is 62.8. The number of hydrogen-bond donors (Lipinski definition) is 4. The van der Waals surface area contributed by atoms with Gasteiger partial charge in [-0.05, 0) is 24.3 Å². The molecular formula is C20H18N6O10Zn+2. The Balaban J connectivity index is 0.000000648. The van der Waals surface area contributed by atoms with Crippen molar-refractivity contribution >= 4 is 23.9 Å². The molecule has 0 spiro atoms. The van der Waals surface area contributed by atoms with Gasteiger partial charge in [0.15, 0.2) is 11.4 Å². The Labute approximate surface area is 218 Å². The Hall–Kier alpha value is -4.86. The average molecular weight is 568 g/mol. The van der Waals surface area contributed by atoms with Crippen LogP contribution in [-0.2, 0) is 30.4 Å². The van der Waals surface area contributed by atoms with Gasteiger partial charge >= 0.3 is 31.4 Å². The van der Waals surface area contributed by atoms with E-state index in [2.05, 4.69) is 29.9 Å². The van der Waals surface area contributed by atoms with Crippen LogP contribution in [0, 0.1) is 0 Å². The third kappa shape index (κ3) is 7.56. The Morgan fingerprint density at radius 1 is 0.649 bits per heavy atom. The zero-order chi connectivity index (χ0) is 24.8. The zero-order valence-electron chi connectivity index (χ0n) is 18.6. The number of rotatable bonds is 6. The van der Waals surface area contributed by atoms with Crippen molar-refractivity contribution in [2.45, 2.75) is 0 Å². The number of carboxylic acids is 4. The normalized spacial score (nSPS) is 9.30. The molecule has 0 fully saturated rings. The predicted octanol–water partition coefficient (Wildman–Crippen LogP) is -2.78. The van der Waals surface area contributed by atoms with Crippen LogP contribution in [0.15, 0.2) is 49.1 Å². The van der Waals surface area contributed by atoms with Crippen molar-refractivity contribution in [3.05, 3.63) is 71.8 Å². The van der Waals surface area contributed by atoms with Gasteiger partial charge in [-0.2, -0.15) is 0 Å². The van der Waals surface area contributed by atoms with Gasteiger partial charge in [-0.1, -0.05) is 0 Å². The molecular weight excluding hydrogens is 550 g/mol. The summed E-state index contributed by atoms with van der Waals surface area (Å²) in [5.41, 5.74) is -1.17. The van der Waals surface area contributed by atoms with Crippen LogP contribution in [0.5, 0.6) is 0 Å². The summed E-state index contributed by atoms with van der Waals surface area (Å²) < 4.78 is 0. The second-order valence-electron chi connectivity index (χ2n) is 6.28. The van der Waals surface area contributed by atoms with Gasteiger partial charge in [0.05, 0.1) is 11.9 Å². The first-order valence-electron chi connectivity index (χ1n) is 9.09. The fourth-order valence-corrected chi connectivity index (χ4v) is 2.64. The van der Waals surface area contributed by atoms with Crippen LogP contribution in [0.4, 0.5) is 0 Å². The molecule has 0 bridgehead atoms. The number of carbonyl (C=O) groups excluding carboxylic acids is 2. The van der Waals surface area contributed by atoms with Crippen LogP contribution in [0.25, 0.3) is 22.8 Å². The van der Waals surface area contributed by atoms with Gasteiger partial charge in [-0.3, -0.25) is 9.97 Å². The largest absolute Gasteiger partial charge is 2.00 e. The molecule has 4 aromatic rings. The molecule has 0 aliphatic carbocycles. The Kier molecular flexibility index (Phi) is 12.1. The van der Waals surface area contributed by atoms with E-state index in [1.54, 1.807) is 24.3 Å². The van der Waals surface area contributed by atoms with E-state index in [0.717, 1.165) is 0 Å². The van der Waals surface area contributed by atoms with Crippen molar-refractivity contribution in [3.8, 4) is 22.8 Å². The molecule has 0 aromatic carbocycles. The van der Waals surface area contributed by atoms with E-state index in [0.29, 0.717) is 11.1 Å². The fourth-order valence-electron chi connectivity index (χ4n) is 2.64. The number of imidazole rings is 2. The number of carbonyl (C=O) groups is 4. The number of hydrogen-bond acceptors (Lipinski definition) is 10. The van der Waals surface area contributed by atoms with Crippen molar-refractivity contribution in [2.24, 2.45) is 0 Å². The van der Waals surface area contributed by atoms with Crippen LogP contribution in [0.1, 0.15) is 42.0 Å². The zero-order valence-corrected chi connectivity index (χ0v) is 21.6. The summed E-state index contributed by atoms with van der Waals surface area (Å²) in [7, 11) is 0. The number of aromatic nitrogens is 6. The van der Waals surface area contributed by atoms with Crippen LogP contribution in [0.2, 0.25) is 0 Å². The first-order valence-corrected chi connectivity index (χ1v) is 9.09. The molecule has 0 saturated carbocycles. The first kappa shape index (κ1) is 32.1. The van der Waals surface area contributed by atoms with Crippen molar-refractivity contribution < 1.29 is 70.0 Å². The molecule has 4 rings (SSSR count). The maximum atomic E-state index is 10.8. The minimum Gasteiger partial charge on any atom is -0.543 e. The second kappa shape index (κ2) is 13.9. The summed E-state index contributed by atoms with van der Waals surface area (Å²) in [6.07, 6.45) is 5.93. The van der Waals surface area contributed by atoms with E-state index in [4.69, 9.17) is 10.2 Å². The van der Waals surface area contributed by atoms with E-state index >= 15 is 0 Å². The van der Waals surface area contributed by atoms with Crippen LogP contribution < -0.4 is 10.2 Å². The molecule has 10 N–H and O–H groups in total. The first-order chi connectivity index (χ1) is 16.2. The number of aromatic carboxylic acids is 4. The number of nitrogens with zero attached hydrogens (tertiary/aromatic N) is 4. The average Bonchev–Trinajstić information content (AvgIpc) is 3.47. The molecule has 0 aliphatic rings. The minimum atomic E-state index is -1.64. The maximum Gasteiger partial charge on any atom is 2.00 e. The molecule has 0 amide bonds. The van der Waals surface area contributed by atoms with Crippen molar-refractivity contribution in [2.75, 3.05) is 0 Å². The summed E-state index contributed by atoms with van der Waals surface area (Å²) in [6.45, 7) is 0. The van der Waals surface area contributed by atoms with Crippen molar-refractivity contribution in [1.29, 1.82) is 0 Å². The summed E-state index contributed by atoms with van der Waals surface area (Å²) in [5, 5.41) is 39.0. The Morgan fingerprint density at radius 2 is 0.946 bits per heavy atom. The number of carboxylic acid groups (broad SMARTS) is 4. The molecule has 16 nitrogen and oxygen atoms in total. The SMILES string of the molecule is O=C([O-])c1nc(-c2ccncc2)[nH]c1C(=O)O.O=C([O-])c1nc(-c2ccncc2)[nH]c1C(=O)O.[OH3+].[OH3+].[Zn+2]. The molecule has 0 aliphatic heterocycles. The van der Waals surface area contributed by atoms with Crippen LogP contribution in [0.3, 0.4) is 0 Å². The van der Waals surface area contributed by atoms with E-state index in [1.165, 1.54) is 24.8 Å². The van der Waals surface area contributed by atoms with Crippen molar-refractivity contribution in [3.63, 3.8) is 0 Å². The molecule has 37 heavy (non-hydrogen) atoms. The molecule has 0 saturated heterocycles. The molecule has 0 atom stereocenters. The monoisotopic (exact) mass is 566 g/mol. The smallest absolute Gasteiger partial charge is 0.543 e. The third-order valence-corrected chi connectivity index (χ3v) is 4.13. The number of pyridine rings is 2. The van der Waals surface area contributed by atoms with Gasteiger partial charge in [0.1, 0.15) is 23.0 Å². The Bertz CT molecular complexity index is 1210. The van der Waals surface area contributed by atoms with Crippen LogP contribution in [-0.4, -0.2) is 64.0 Å². The van der Waals surface area contributed by atoms with Gasteiger partial charge in [0, 0.05) is 35.9 Å². The topological polar surface area (TPSA) is 304 Å². The molecule has 0 radical (unpaired) electrons. The maximum absolute atomic E-state index is 10.8. The summed E-state index contributed by atoms with van der Waals surface area (Å²) >= 11 is 0. The predicted molar refractivity (Wildman–Crippen MR) is 116 cm³/mol. The molecule has 188 valence electrons. The third-order valence-electron chi connectivity index (χ3n) is 4.13. The van der Waals surface area contributed by atoms with E-state index < -0.39 is 46.7 Å². The molecule has 4 heterocycles. The number of aromatic amines is 2. The van der Waals surface area contributed by atoms with E-state index in [9.17, 15) is 29.4 Å². The van der Waals surface area contributed by atoms with E-state index in [-0.39, 0.29) is 42.1 Å².